The quantitative estimate of drug-likeness (QED) is 0.834. The highest BCUT2D eigenvalue weighted by atomic mass is 79.9. The van der Waals surface area contributed by atoms with Gasteiger partial charge in [-0.15, -0.1) is 0 Å². The number of phenolic OH excluding ortho intramolecular Hbond substituents is 1. The van der Waals surface area contributed by atoms with Gasteiger partial charge in [-0.1, -0.05) is 28.9 Å². The predicted octanol–water partition coefficient (Wildman–Crippen LogP) is 2.26. The van der Waals surface area contributed by atoms with Gasteiger partial charge in [0.05, 0.1) is 0 Å². The topological polar surface area (TPSA) is 32.3 Å². The third-order valence-electron chi connectivity index (χ3n) is 1.60. The molecular formula is C9H12BrNO. The van der Waals surface area contributed by atoms with Crippen molar-refractivity contribution < 1.29 is 5.11 Å². The Morgan fingerprint density at radius 1 is 1.50 bits per heavy atom. The molecule has 1 aromatic rings. The highest BCUT2D eigenvalue weighted by Gasteiger charge is 1.98. The van der Waals surface area contributed by atoms with Crippen LogP contribution in [-0.4, -0.2) is 11.7 Å². The number of hydrogen-bond acceptors (Lipinski definition) is 2. The second-order valence-corrected chi connectivity index (χ2v) is 3.41. The molecule has 1 aromatic carbocycles. The summed E-state index contributed by atoms with van der Waals surface area (Å²) in [7, 11) is 0. The first kappa shape index (κ1) is 9.55. The maximum atomic E-state index is 9.11. The van der Waals surface area contributed by atoms with Crippen LogP contribution < -0.4 is 5.32 Å². The minimum atomic E-state index is 0.294. The van der Waals surface area contributed by atoms with Crippen LogP contribution in [-0.2, 0) is 6.54 Å². The molecule has 0 spiro atoms. The van der Waals surface area contributed by atoms with Crippen LogP contribution in [0.1, 0.15) is 12.5 Å². The second-order valence-electron chi connectivity index (χ2n) is 2.56. The molecule has 0 radical (unpaired) electrons. The molecule has 3 heteroatoms. The van der Waals surface area contributed by atoms with Crippen molar-refractivity contribution in [1.82, 2.24) is 5.32 Å². The number of aromatic hydroxyl groups is 1. The summed E-state index contributed by atoms with van der Waals surface area (Å²) in [6.07, 6.45) is 0. The van der Waals surface area contributed by atoms with Crippen LogP contribution in [0.15, 0.2) is 22.7 Å². The summed E-state index contributed by atoms with van der Waals surface area (Å²) < 4.78 is 0.948. The number of rotatable bonds is 3. The smallest absolute Gasteiger partial charge is 0.116 e. The number of benzene rings is 1. The Labute approximate surface area is 80.7 Å². The molecule has 0 amide bonds. The molecule has 0 aromatic heterocycles. The molecule has 2 nitrogen and oxygen atoms in total. The van der Waals surface area contributed by atoms with E-state index in [1.54, 1.807) is 12.1 Å². The summed E-state index contributed by atoms with van der Waals surface area (Å²) in [5, 5.41) is 12.3. The van der Waals surface area contributed by atoms with Crippen molar-refractivity contribution in [3.8, 4) is 5.75 Å². The van der Waals surface area contributed by atoms with Crippen LogP contribution >= 0.6 is 15.9 Å². The van der Waals surface area contributed by atoms with E-state index >= 15 is 0 Å². The Morgan fingerprint density at radius 2 is 2.25 bits per heavy atom. The summed E-state index contributed by atoms with van der Waals surface area (Å²) in [5.41, 5.74) is 1.16. The van der Waals surface area contributed by atoms with Crippen molar-refractivity contribution in [3.05, 3.63) is 28.2 Å². The zero-order valence-electron chi connectivity index (χ0n) is 6.97. The molecule has 0 heterocycles. The van der Waals surface area contributed by atoms with Gasteiger partial charge in [-0.05, 0) is 24.2 Å². The van der Waals surface area contributed by atoms with Gasteiger partial charge in [-0.2, -0.15) is 0 Å². The zero-order chi connectivity index (χ0) is 8.97. The molecule has 0 aliphatic carbocycles. The van der Waals surface area contributed by atoms with Crippen LogP contribution in [0.25, 0.3) is 0 Å². The summed E-state index contributed by atoms with van der Waals surface area (Å²) in [6, 6.07) is 5.30. The molecule has 0 atom stereocenters. The third kappa shape index (κ3) is 2.50. The van der Waals surface area contributed by atoms with Crippen molar-refractivity contribution in [2.45, 2.75) is 13.5 Å². The van der Waals surface area contributed by atoms with Crippen molar-refractivity contribution in [2.24, 2.45) is 0 Å². The molecule has 66 valence electrons. The predicted molar refractivity (Wildman–Crippen MR) is 53.2 cm³/mol. The SMILES string of the molecule is CCNCc1ccc(O)cc1Br. The van der Waals surface area contributed by atoms with E-state index in [1.165, 1.54) is 0 Å². The average molecular weight is 230 g/mol. The van der Waals surface area contributed by atoms with Gasteiger partial charge in [-0.3, -0.25) is 0 Å². The normalized spacial score (nSPS) is 10.2. The van der Waals surface area contributed by atoms with Crippen molar-refractivity contribution >= 4 is 15.9 Å². The molecular weight excluding hydrogens is 218 g/mol. The Morgan fingerprint density at radius 3 is 2.83 bits per heavy atom. The Kier molecular flexibility index (Phi) is 3.56. The van der Waals surface area contributed by atoms with E-state index in [9.17, 15) is 0 Å². The van der Waals surface area contributed by atoms with Gasteiger partial charge in [0.15, 0.2) is 0 Å². The largest absolute Gasteiger partial charge is 0.508 e. The maximum absolute atomic E-state index is 9.11. The first-order chi connectivity index (χ1) is 5.74. The lowest BCUT2D eigenvalue weighted by atomic mass is 10.2. The molecule has 0 aliphatic rings. The van der Waals surface area contributed by atoms with Crippen molar-refractivity contribution in [2.75, 3.05) is 6.54 Å². The van der Waals surface area contributed by atoms with Crippen LogP contribution in [0.4, 0.5) is 0 Å². The lowest BCUT2D eigenvalue weighted by Gasteiger charge is -2.04. The first-order valence-corrected chi connectivity index (χ1v) is 4.71. The monoisotopic (exact) mass is 229 g/mol. The van der Waals surface area contributed by atoms with Crippen molar-refractivity contribution in [1.29, 1.82) is 0 Å². The first-order valence-electron chi connectivity index (χ1n) is 3.92. The molecule has 0 bridgehead atoms. The number of phenols is 1. The minimum Gasteiger partial charge on any atom is -0.508 e. The highest BCUT2D eigenvalue weighted by Crippen LogP contribution is 2.21. The molecule has 12 heavy (non-hydrogen) atoms. The number of hydrogen-bond donors (Lipinski definition) is 2. The van der Waals surface area contributed by atoms with E-state index in [2.05, 4.69) is 28.2 Å². The molecule has 0 aliphatic heterocycles. The number of halogens is 1. The Balaban J connectivity index is 2.72. The fourth-order valence-corrected chi connectivity index (χ4v) is 1.45. The second kappa shape index (κ2) is 4.48. The fraction of sp³-hybridized carbons (Fsp3) is 0.333. The Bertz CT molecular complexity index is 263. The summed E-state index contributed by atoms with van der Waals surface area (Å²) >= 11 is 3.38. The van der Waals surface area contributed by atoms with Gasteiger partial charge in [-0.25, -0.2) is 0 Å². The van der Waals surface area contributed by atoms with Crippen LogP contribution in [0.5, 0.6) is 5.75 Å². The summed E-state index contributed by atoms with van der Waals surface area (Å²) in [5.74, 6) is 0.294. The van der Waals surface area contributed by atoms with Gasteiger partial charge < -0.3 is 10.4 Å². The van der Waals surface area contributed by atoms with Crippen LogP contribution in [0, 0.1) is 0 Å². The van der Waals surface area contributed by atoms with E-state index in [4.69, 9.17) is 5.11 Å². The lowest BCUT2D eigenvalue weighted by molar-refractivity contribution is 0.474. The molecule has 0 unspecified atom stereocenters. The van der Waals surface area contributed by atoms with Gasteiger partial charge in [0, 0.05) is 11.0 Å². The van der Waals surface area contributed by atoms with Gasteiger partial charge >= 0.3 is 0 Å². The highest BCUT2D eigenvalue weighted by molar-refractivity contribution is 9.10. The molecule has 0 fully saturated rings. The molecule has 0 saturated heterocycles. The summed E-state index contributed by atoms with van der Waals surface area (Å²) in [4.78, 5) is 0. The van der Waals surface area contributed by atoms with E-state index in [1.807, 2.05) is 6.07 Å². The van der Waals surface area contributed by atoms with E-state index < -0.39 is 0 Å². The summed E-state index contributed by atoms with van der Waals surface area (Å²) in [6.45, 7) is 3.85. The average Bonchev–Trinajstić information content (AvgIpc) is 2.03. The van der Waals surface area contributed by atoms with Crippen LogP contribution in [0.2, 0.25) is 0 Å². The fourth-order valence-electron chi connectivity index (χ4n) is 0.939. The molecule has 2 N–H and O–H groups in total. The van der Waals surface area contributed by atoms with E-state index in [-0.39, 0.29) is 0 Å². The van der Waals surface area contributed by atoms with Gasteiger partial charge in [0.25, 0.3) is 0 Å². The minimum absolute atomic E-state index is 0.294. The zero-order valence-corrected chi connectivity index (χ0v) is 8.56. The molecule has 0 saturated carbocycles. The van der Waals surface area contributed by atoms with Gasteiger partial charge in [0.1, 0.15) is 5.75 Å². The molecule has 1 rings (SSSR count). The lowest BCUT2D eigenvalue weighted by Crippen LogP contribution is -2.11. The maximum Gasteiger partial charge on any atom is 0.116 e. The van der Waals surface area contributed by atoms with Crippen molar-refractivity contribution in [3.63, 3.8) is 0 Å². The van der Waals surface area contributed by atoms with E-state index in [0.29, 0.717) is 5.75 Å². The van der Waals surface area contributed by atoms with Gasteiger partial charge in [0.2, 0.25) is 0 Å². The van der Waals surface area contributed by atoms with Crippen LogP contribution in [0.3, 0.4) is 0 Å². The number of nitrogens with one attached hydrogen (secondary N) is 1. The van der Waals surface area contributed by atoms with E-state index in [0.717, 1.165) is 23.1 Å². The standard InChI is InChI=1S/C9H12BrNO/c1-2-11-6-7-3-4-8(12)5-9(7)10/h3-5,11-12H,2,6H2,1H3. The third-order valence-corrected chi connectivity index (χ3v) is 2.34. The Hall–Kier alpha value is -0.540.